The van der Waals surface area contributed by atoms with Crippen molar-refractivity contribution in [3.05, 3.63) is 90.5 Å². The molecule has 4 aromatic rings. The van der Waals surface area contributed by atoms with E-state index < -0.39 is 11.8 Å². The Morgan fingerprint density at radius 2 is 1.16 bits per heavy atom. The smallest absolute Gasteiger partial charge is 0.385 e. The Morgan fingerprint density at radius 1 is 0.600 bits per heavy atom. The van der Waals surface area contributed by atoms with Crippen LogP contribution in [-0.2, 0) is 4.79 Å². The average molecular weight is 326 g/mol. The van der Waals surface area contributed by atoms with Crippen molar-refractivity contribution >= 4 is 33.3 Å². The fourth-order valence-electron chi connectivity index (χ4n) is 2.83. The molecule has 0 aromatic heterocycles. The molecule has 0 bridgehead atoms. The lowest BCUT2D eigenvalue weighted by Crippen LogP contribution is -2.20. The minimum Gasteiger partial charge on any atom is -0.421 e. The van der Waals surface area contributed by atoms with Gasteiger partial charge in [0.1, 0.15) is 5.75 Å². The highest BCUT2D eigenvalue weighted by Gasteiger charge is 2.19. The molecule has 0 atom stereocenters. The van der Waals surface area contributed by atoms with Crippen LogP contribution in [-0.4, -0.2) is 11.8 Å². The van der Waals surface area contributed by atoms with Gasteiger partial charge in [-0.1, -0.05) is 66.7 Å². The Bertz CT molecular complexity index is 1110. The number of Topliss-reactive ketones (excluding diaryl/α,β-unsaturated/α-hetero) is 1. The first kappa shape index (κ1) is 15.1. The molecule has 0 unspecified atom stereocenters. The molecule has 4 rings (SSSR count). The van der Waals surface area contributed by atoms with Gasteiger partial charge in [0.05, 0.1) is 0 Å². The van der Waals surface area contributed by atoms with Gasteiger partial charge in [0.15, 0.2) is 0 Å². The summed E-state index contributed by atoms with van der Waals surface area (Å²) in [5.41, 5.74) is 0.324. The van der Waals surface area contributed by atoms with Crippen LogP contribution < -0.4 is 4.74 Å². The van der Waals surface area contributed by atoms with E-state index in [2.05, 4.69) is 0 Å². The summed E-state index contributed by atoms with van der Waals surface area (Å²) in [7, 11) is 0. The van der Waals surface area contributed by atoms with Crippen molar-refractivity contribution in [2.75, 3.05) is 0 Å². The number of benzene rings is 4. The lowest BCUT2D eigenvalue weighted by molar-refractivity contribution is -0.129. The lowest BCUT2D eigenvalue weighted by Gasteiger charge is -2.06. The third-order valence-electron chi connectivity index (χ3n) is 4.13. The van der Waals surface area contributed by atoms with Crippen LogP contribution in [0.2, 0.25) is 0 Å². The monoisotopic (exact) mass is 326 g/mol. The highest BCUT2D eigenvalue weighted by atomic mass is 16.5. The molecule has 0 heterocycles. The summed E-state index contributed by atoms with van der Waals surface area (Å²) >= 11 is 0. The summed E-state index contributed by atoms with van der Waals surface area (Å²) < 4.78 is 5.26. The number of hydrogen-bond donors (Lipinski definition) is 0. The van der Waals surface area contributed by atoms with Crippen molar-refractivity contribution in [3.8, 4) is 5.75 Å². The SMILES string of the molecule is O=C(Oc1ccc2ccccc2c1)C(=O)c1ccc2ccccc2c1. The molecule has 0 aliphatic heterocycles. The van der Waals surface area contributed by atoms with Gasteiger partial charge in [0, 0.05) is 5.56 Å². The summed E-state index contributed by atoms with van der Waals surface area (Å²) in [5, 5.41) is 3.92. The zero-order chi connectivity index (χ0) is 17.2. The first-order valence-electron chi connectivity index (χ1n) is 7.95. The first-order chi connectivity index (χ1) is 12.2. The third kappa shape index (κ3) is 3.00. The molecule has 0 aliphatic carbocycles. The molecule has 3 heteroatoms. The van der Waals surface area contributed by atoms with E-state index >= 15 is 0 Å². The Hall–Kier alpha value is -3.46. The number of ether oxygens (including phenoxy) is 1. The van der Waals surface area contributed by atoms with Crippen LogP contribution in [0.4, 0.5) is 0 Å². The fraction of sp³-hybridized carbons (Fsp3) is 0. The molecular weight excluding hydrogens is 312 g/mol. The Labute approximate surface area is 144 Å². The van der Waals surface area contributed by atoms with Gasteiger partial charge < -0.3 is 4.74 Å². The van der Waals surface area contributed by atoms with Crippen molar-refractivity contribution in [1.29, 1.82) is 0 Å². The predicted molar refractivity (Wildman–Crippen MR) is 97.9 cm³/mol. The van der Waals surface area contributed by atoms with E-state index in [4.69, 9.17) is 4.74 Å². The van der Waals surface area contributed by atoms with Crippen LogP contribution in [0.25, 0.3) is 21.5 Å². The molecule has 4 aromatic carbocycles. The fourth-order valence-corrected chi connectivity index (χ4v) is 2.83. The number of ketones is 1. The molecule has 0 amide bonds. The van der Waals surface area contributed by atoms with Crippen LogP contribution in [0.3, 0.4) is 0 Å². The molecular formula is C22H14O3. The van der Waals surface area contributed by atoms with Gasteiger partial charge >= 0.3 is 5.97 Å². The van der Waals surface area contributed by atoms with E-state index in [9.17, 15) is 9.59 Å². The van der Waals surface area contributed by atoms with E-state index in [0.717, 1.165) is 21.5 Å². The number of esters is 1. The van der Waals surface area contributed by atoms with E-state index in [1.807, 2.05) is 60.7 Å². The topological polar surface area (TPSA) is 43.4 Å². The Kier molecular flexibility index (Phi) is 3.75. The first-order valence-corrected chi connectivity index (χ1v) is 7.95. The van der Waals surface area contributed by atoms with Crippen LogP contribution >= 0.6 is 0 Å². The van der Waals surface area contributed by atoms with Crippen molar-refractivity contribution in [2.24, 2.45) is 0 Å². The number of carbonyl (C=O) groups is 2. The average Bonchev–Trinajstić information content (AvgIpc) is 2.67. The van der Waals surface area contributed by atoms with Gasteiger partial charge in [-0.2, -0.15) is 0 Å². The zero-order valence-electron chi connectivity index (χ0n) is 13.3. The summed E-state index contributed by atoms with van der Waals surface area (Å²) in [4.78, 5) is 24.6. The third-order valence-corrected chi connectivity index (χ3v) is 4.13. The van der Waals surface area contributed by atoms with Crippen molar-refractivity contribution in [2.45, 2.75) is 0 Å². The second kappa shape index (κ2) is 6.21. The molecule has 0 saturated carbocycles. The predicted octanol–water partition coefficient (Wildman–Crippen LogP) is 4.78. The summed E-state index contributed by atoms with van der Waals surface area (Å²) in [6.45, 7) is 0. The molecule has 0 radical (unpaired) electrons. The molecule has 0 spiro atoms. The summed E-state index contributed by atoms with van der Waals surface area (Å²) in [6, 6.07) is 25.9. The van der Waals surface area contributed by atoms with Gasteiger partial charge in [-0.05, 0) is 39.7 Å². The molecule has 0 N–H and O–H groups in total. The van der Waals surface area contributed by atoms with E-state index in [-0.39, 0.29) is 0 Å². The number of hydrogen-bond acceptors (Lipinski definition) is 3. The minimum atomic E-state index is -0.884. The molecule has 3 nitrogen and oxygen atoms in total. The second-order valence-corrected chi connectivity index (χ2v) is 5.79. The van der Waals surface area contributed by atoms with E-state index in [0.29, 0.717) is 11.3 Å². The number of rotatable bonds is 3. The standard InChI is InChI=1S/C22H14O3/c23-21(19-10-9-15-5-1-3-7-17(15)13-19)22(24)25-20-12-11-16-6-2-4-8-18(16)14-20/h1-14H. The normalized spacial score (nSPS) is 10.7. The summed E-state index contributed by atoms with van der Waals surface area (Å²) in [6.07, 6.45) is 0. The number of carbonyl (C=O) groups excluding carboxylic acids is 2. The van der Waals surface area contributed by atoms with Crippen LogP contribution in [0.1, 0.15) is 10.4 Å². The second-order valence-electron chi connectivity index (χ2n) is 5.79. The highest BCUT2D eigenvalue weighted by molar-refractivity contribution is 6.41. The van der Waals surface area contributed by atoms with Gasteiger partial charge in [0.2, 0.25) is 0 Å². The molecule has 0 aliphatic rings. The quantitative estimate of drug-likeness (QED) is 0.235. The van der Waals surface area contributed by atoms with Gasteiger partial charge in [0.25, 0.3) is 5.78 Å². The van der Waals surface area contributed by atoms with Gasteiger partial charge in [-0.15, -0.1) is 0 Å². The highest BCUT2D eigenvalue weighted by Crippen LogP contribution is 2.21. The zero-order valence-corrected chi connectivity index (χ0v) is 13.3. The molecule has 0 saturated heterocycles. The largest absolute Gasteiger partial charge is 0.421 e. The maximum absolute atomic E-state index is 12.4. The van der Waals surface area contributed by atoms with Crippen LogP contribution in [0.15, 0.2) is 84.9 Å². The molecule has 25 heavy (non-hydrogen) atoms. The van der Waals surface area contributed by atoms with Crippen molar-refractivity contribution in [3.63, 3.8) is 0 Å². The maximum atomic E-state index is 12.4. The van der Waals surface area contributed by atoms with Crippen molar-refractivity contribution < 1.29 is 14.3 Å². The minimum absolute atomic E-state index is 0.324. The van der Waals surface area contributed by atoms with E-state index in [1.165, 1.54) is 0 Å². The lowest BCUT2D eigenvalue weighted by atomic mass is 10.0. The maximum Gasteiger partial charge on any atom is 0.385 e. The summed E-state index contributed by atoms with van der Waals surface area (Å²) in [5.74, 6) is -1.18. The van der Waals surface area contributed by atoms with Crippen molar-refractivity contribution in [1.82, 2.24) is 0 Å². The van der Waals surface area contributed by atoms with E-state index in [1.54, 1.807) is 24.3 Å². The van der Waals surface area contributed by atoms with Gasteiger partial charge in [-0.3, -0.25) is 4.79 Å². The van der Waals surface area contributed by atoms with Crippen LogP contribution in [0, 0.1) is 0 Å². The molecule has 0 fully saturated rings. The number of fused-ring (bicyclic) bond motifs is 2. The van der Waals surface area contributed by atoms with Gasteiger partial charge in [-0.25, -0.2) is 4.79 Å². The Balaban J connectivity index is 1.59. The Morgan fingerprint density at radius 3 is 1.84 bits per heavy atom. The van der Waals surface area contributed by atoms with Crippen LogP contribution in [0.5, 0.6) is 5.75 Å². The molecule has 120 valence electrons.